The Morgan fingerprint density at radius 3 is 2.22 bits per heavy atom. The molecule has 0 aromatic heterocycles. The third-order valence-electron chi connectivity index (χ3n) is 9.40. The molecule has 10 nitrogen and oxygen atoms in total. The molecule has 4 amide bonds. The number of ketones is 1. The van der Waals surface area contributed by atoms with Gasteiger partial charge in [0.2, 0.25) is 17.6 Å². The highest BCUT2D eigenvalue weighted by Gasteiger charge is 2.69. The second kappa shape index (κ2) is 13.6. The summed E-state index contributed by atoms with van der Waals surface area (Å²) in [7, 11) is 0. The lowest BCUT2D eigenvalue weighted by atomic mass is 9.93. The lowest BCUT2D eigenvalue weighted by Crippen LogP contribution is -2.59. The molecule has 2 aliphatic carbocycles. The molecule has 1 aliphatic heterocycles. The molecule has 10 heteroatoms. The summed E-state index contributed by atoms with van der Waals surface area (Å²) in [5.41, 5.74) is 1.31. The third-order valence-corrected chi connectivity index (χ3v) is 9.40. The van der Waals surface area contributed by atoms with Gasteiger partial charge in [-0.15, -0.1) is 13.2 Å². The normalized spacial score (nSPS) is 22.7. The minimum atomic E-state index is -1.07. The first-order valence-corrected chi connectivity index (χ1v) is 15.9. The van der Waals surface area contributed by atoms with E-state index in [1.807, 2.05) is 24.3 Å². The average Bonchev–Trinajstić information content (AvgIpc) is 3.34. The van der Waals surface area contributed by atoms with Gasteiger partial charge >= 0.3 is 6.09 Å². The Morgan fingerprint density at radius 2 is 1.64 bits per heavy atom. The van der Waals surface area contributed by atoms with Crippen LogP contribution < -0.4 is 16.0 Å². The van der Waals surface area contributed by atoms with Gasteiger partial charge in [0, 0.05) is 13.1 Å². The van der Waals surface area contributed by atoms with E-state index in [1.165, 1.54) is 0 Å². The molecular weight excluding hydrogens is 572 g/mol. The van der Waals surface area contributed by atoms with Gasteiger partial charge in [0.1, 0.15) is 17.7 Å². The zero-order valence-electron chi connectivity index (χ0n) is 27.2. The van der Waals surface area contributed by atoms with Crippen LogP contribution in [0, 0.1) is 23.2 Å². The fraction of sp³-hybridized carbons (Fsp3) is 0.571. The van der Waals surface area contributed by atoms with Gasteiger partial charge in [-0.3, -0.25) is 19.2 Å². The van der Waals surface area contributed by atoms with E-state index in [0.717, 1.165) is 11.1 Å². The van der Waals surface area contributed by atoms with Gasteiger partial charge in [-0.25, -0.2) is 4.79 Å². The number of ether oxygens (including phenoxy) is 1. The van der Waals surface area contributed by atoms with Crippen molar-refractivity contribution in [1.82, 2.24) is 20.9 Å². The lowest BCUT2D eigenvalue weighted by Gasteiger charge is -2.35. The van der Waals surface area contributed by atoms with Crippen molar-refractivity contribution in [2.45, 2.75) is 90.4 Å². The molecule has 1 saturated carbocycles. The van der Waals surface area contributed by atoms with Crippen molar-refractivity contribution in [3.05, 3.63) is 60.7 Å². The standard InChI is InChI=1S/C35H48N4O6/c1-8-10-16-25(29(40)31(42)36-17-11-9-2)37-30(41)28-26-24(35(26,6)7)20-39(28)32(43)27(38-33(44)45-34(3,4)5)23-18-21-14-12-13-15-22(21)19-23/h8-9,12-15,23-28H,1-2,10-11,16-20H2,3-7H3,(H,36,42)(H,37,41)(H,38,44). The molecular formula is C35H48N4O6. The monoisotopic (exact) mass is 620 g/mol. The number of likely N-dealkylation sites (tertiary alicyclic amines) is 1. The highest BCUT2D eigenvalue weighted by molar-refractivity contribution is 6.38. The molecule has 45 heavy (non-hydrogen) atoms. The molecule has 3 N–H and O–H groups in total. The predicted molar refractivity (Wildman–Crippen MR) is 171 cm³/mol. The van der Waals surface area contributed by atoms with E-state index in [2.05, 4.69) is 43.0 Å². The molecule has 2 fully saturated rings. The number of fused-ring (bicyclic) bond motifs is 2. The molecule has 1 heterocycles. The maximum atomic E-state index is 14.4. The van der Waals surface area contributed by atoms with Crippen LogP contribution in [0.25, 0.3) is 0 Å². The van der Waals surface area contributed by atoms with Crippen LogP contribution in [-0.4, -0.2) is 71.3 Å². The summed E-state index contributed by atoms with van der Waals surface area (Å²) in [6, 6.07) is 5.13. The van der Waals surface area contributed by atoms with Crippen molar-refractivity contribution < 1.29 is 28.7 Å². The fourth-order valence-corrected chi connectivity index (χ4v) is 6.98. The molecule has 0 bridgehead atoms. The van der Waals surface area contributed by atoms with Crippen molar-refractivity contribution in [3.63, 3.8) is 0 Å². The summed E-state index contributed by atoms with van der Waals surface area (Å²) in [6.07, 6.45) is 4.88. The Kier molecular flexibility index (Phi) is 10.2. The number of allylic oxidation sites excluding steroid dienone is 1. The molecule has 5 atom stereocenters. The van der Waals surface area contributed by atoms with E-state index >= 15 is 0 Å². The molecule has 1 aromatic rings. The number of Topliss-reactive ketones (excluding diaryl/α,β-unsaturated/α-hetero) is 1. The van der Waals surface area contributed by atoms with Gasteiger partial charge in [0.25, 0.3) is 5.91 Å². The zero-order valence-corrected chi connectivity index (χ0v) is 27.2. The quantitative estimate of drug-likeness (QED) is 0.176. The third kappa shape index (κ3) is 7.65. The molecule has 5 unspecified atom stereocenters. The molecule has 244 valence electrons. The molecule has 0 radical (unpaired) electrons. The number of nitrogens with one attached hydrogen (secondary N) is 3. The summed E-state index contributed by atoms with van der Waals surface area (Å²) >= 11 is 0. The first-order valence-electron chi connectivity index (χ1n) is 15.9. The number of hydrogen-bond donors (Lipinski definition) is 3. The zero-order chi connectivity index (χ0) is 33.1. The van der Waals surface area contributed by atoms with Gasteiger partial charge < -0.3 is 25.6 Å². The minimum Gasteiger partial charge on any atom is -0.444 e. The molecule has 4 rings (SSSR count). The number of hydrogen-bond acceptors (Lipinski definition) is 6. The topological polar surface area (TPSA) is 134 Å². The Morgan fingerprint density at radius 1 is 1.02 bits per heavy atom. The largest absolute Gasteiger partial charge is 0.444 e. The maximum absolute atomic E-state index is 14.4. The van der Waals surface area contributed by atoms with Crippen LogP contribution in [0.1, 0.15) is 65.0 Å². The summed E-state index contributed by atoms with van der Waals surface area (Å²) in [5.74, 6) is -2.61. The highest BCUT2D eigenvalue weighted by Crippen LogP contribution is 2.65. The SMILES string of the molecule is C=CCCNC(=O)C(=O)C(CCC=C)NC(=O)C1C2C(CN1C(=O)C(NC(=O)OC(C)(C)C)C1Cc3ccccc3C1)C2(C)C. The number of carbonyl (C=O) groups is 5. The van der Waals surface area contributed by atoms with Gasteiger partial charge in [0.15, 0.2) is 0 Å². The van der Waals surface area contributed by atoms with E-state index in [1.54, 1.807) is 37.8 Å². The Bertz CT molecular complexity index is 1320. The number of alkyl carbamates (subject to hydrolysis) is 1. The van der Waals surface area contributed by atoms with Crippen LogP contribution in [0.5, 0.6) is 0 Å². The summed E-state index contributed by atoms with van der Waals surface area (Å²) < 4.78 is 5.54. The Labute approximate surface area is 266 Å². The van der Waals surface area contributed by atoms with Gasteiger partial charge in [-0.2, -0.15) is 0 Å². The van der Waals surface area contributed by atoms with E-state index < -0.39 is 47.4 Å². The smallest absolute Gasteiger partial charge is 0.408 e. The number of piperidine rings is 1. The van der Waals surface area contributed by atoms with Crippen LogP contribution in [0.2, 0.25) is 0 Å². The lowest BCUT2D eigenvalue weighted by molar-refractivity contribution is -0.144. The van der Waals surface area contributed by atoms with Crippen LogP contribution in [-0.2, 0) is 36.8 Å². The second-order valence-electron chi connectivity index (χ2n) is 14.1. The average molecular weight is 621 g/mol. The highest BCUT2D eigenvalue weighted by atomic mass is 16.6. The van der Waals surface area contributed by atoms with Gasteiger partial charge in [-0.05, 0) is 87.2 Å². The van der Waals surface area contributed by atoms with Crippen molar-refractivity contribution >= 4 is 29.6 Å². The molecule has 0 spiro atoms. The first-order chi connectivity index (χ1) is 21.2. The van der Waals surface area contributed by atoms with E-state index in [4.69, 9.17) is 4.74 Å². The Hall–Kier alpha value is -3.95. The summed E-state index contributed by atoms with van der Waals surface area (Å²) in [5, 5.41) is 8.24. The Balaban J connectivity index is 1.58. The van der Waals surface area contributed by atoms with E-state index in [9.17, 15) is 24.0 Å². The summed E-state index contributed by atoms with van der Waals surface area (Å²) in [6.45, 7) is 17.4. The number of carbonyl (C=O) groups excluding carboxylic acids is 5. The van der Waals surface area contributed by atoms with E-state index in [-0.39, 0.29) is 42.0 Å². The van der Waals surface area contributed by atoms with Crippen molar-refractivity contribution in [2.75, 3.05) is 13.1 Å². The van der Waals surface area contributed by atoms with Gasteiger partial charge in [0.05, 0.1) is 6.04 Å². The van der Waals surface area contributed by atoms with Crippen molar-refractivity contribution in [2.24, 2.45) is 23.2 Å². The van der Waals surface area contributed by atoms with Crippen molar-refractivity contribution in [3.8, 4) is 0 Å². The predicted octanol–water partition coefficient (Wildman–Crippen LogP) is 3.49. The minimum absolute atomic E-state index is 0.0877. The van der Waals surface area contributed by atoms with E-state index in [0.29, 0.717) is 32.2 Å². The van der Waals surface area contributed by atoms with Gasteiger partial charge in [-0.1, -0.05) is 50.3 Å². The first kappa shape index (κ1) is 33.9. The van der Waals surface area contributed by atoms with Crippen LogP contribution in [0.3, 0.4) is 0 Å². The molecule has 1 aromatic carbocycles. The summed E-state index contributed by atoms with van der Waals surface area (Å²) in [4.78, 5) is 68.8. The second-order valence-corrected chi connectivity index (χ2v) is 14.1. The number of benzene rings is 1. The number of nitrogens with zero attached hydrogens (tertiary/aromatic N) is 1. The van der Waals surface area contributed by atoms with Crippen LogP contribution >= 0.6 is 0 Å². The molecule has 3 aliphatic rings. The number of rotatable bonds is 13. The van der Waals surface area contributed by atoms with Crippen molar-refractivity contribution in [1.29, 1.82) is 0 Å². The maximum Gasteiger partial charge on any atom is 0.408 e. The number of amides is 4. The molecule has 1 saturated heterocycles. The van der Waals surface area contributed by atoms with Crippen LogP contribution in [0.15, 0.2) is 49.6 Å². The van der Waals surface area contributed by atoms with Crippen LogP contribution in [0.4, 0.5) is 4.79 Å². The fourth-order valence-electron chi connectivity index (χ4n) is 6.98.